The molecular weight excluding hydrogens is 347 g/mol. The Bertz CT molecular complexity index is 1060. The Kier molecular flexibility index (Phi) is 4.34. The third-order valence-corrected chi connectivity index (χ3v) is 5.15. The summed E-state index contributed by atoms with van der Waals surface area (Å²) in [5.74, 6) is 1.27. The number of halogens is 1. The van der Waals surface area contributed by atoms with E-state index in [1.165, 1.54) is 12.1 Å². The lowest BCUT2D eigenvalue weighted by Gasteiger charge is -2.10. The summed E-state index contributed by atoms with van der Waals surface area (Å²) in [6.07, 6.45) is 3.59. The molecule has 0 radical (unpaired) electrons. The summed E-state index contributed by atoms with van der Waals surface area (Å²) in [5.41, 5.74) is 3.10. The van der Waals surface area contributed by atoms with Gasteiger partial charge in [-0.05, 0) is 43.2 Å². The summed E-state index contributed by atoms with van der Waals surface area (Å²) >= 11 is 1.63. The first kappa shape index (κ1) is 16.6. The molecule has 3 aromatic heterocycles. The molecule has 0 aliphatic heterocycles. The minimum Gasteiger partial charge on any atom is -0.365 e. The number of thiophene rings is 1. The molecule has 0 saturated heterocycles. The second-order valence-corrected chi connectivity index (χ2v) is 7.26. The summed E-state index contributed by atoms with van der Waals surface area (Å²) in [7, 11) is 0. The van der Waals surface area contributed by atoms with Crippen molar-refractivity contribution >= 4 is 27.4 Å². The Morgan fingerprint density at radius 1 is 1.08 bits per heavy atom. The van der Waals surface area contributed by atoms with E-state index in [2.05, 4.69) is 27.2 Å². The number of anilines is 1. The first-order valence-electron chi connectivity index (χ1n) is 8.28. The van der Waals surface area contributed by atoms with Crippen molar-refractivity contribution in [3.8, 4) is 11.1 Å². The van der Waals surface area contributed by atoms with E-state index in [9.17, 15) is 4.39 Å². The number of nitrogens with zero attached hydrogens (tertiary/aromatic N) is 3. The van der Waals surface area contributed by atoms with Gasteiger partial charge in [0.2, 0.25) is 0 Å². The van der Waals surface area contributed by atoms with Crippen LogP contribution >= 0.6 is 11.3 Å². The Morgan fingerprint density at radius 3 is 2.62 bits per heavy atom. The van der Waals surface area contributed by atoms with Gasteiger partial charge in [-0.1, -0.05) is 18.2 Å². The number of aryl methyl sites for hydroxylation is 2. The Balaban J connectivity index is 1.82. The van der Waals surface area contributed by atoms with Crippen molar-refractivity contribution < 1.29 is 4.39 Å². The topological polar surface area (TPSA) is 50.7 Å². The molecule has 0 amide bonds. The molecule has 26 heavy (non-hydrogen) atoms. The molecule has 4 nitrogen and oxygen atoms in total. The average molecular weight is 364 g/mol. The van der Waals surface area contributed by atoms with Crippen LogP contribution in [0.15, 0.2) is 48.8 Å². The van der Waals surface area contributed by atoms with E-state index in [4.69, 9.17) is 0 Å². The first-order chi connectivity index (χ1) is 12.6. The molecule has 130 valence electrons. The summed E-state index contributed by atoms with van der Waals surface area (Å²) < 4.78 is 13.3. The quantitative estimate of drug-likeness (QED) is 0.546. The average Bonchev–Trinajstić information content (AvgIpc) is 2.97. The van der Waals surface area contributed by atoms with E-state index >= 15 is 0 Å². The highest BCUT2D eigenvalue weighted by Crippen LogP contribution is 2.40. The number of aromatic nitrogens is 3. The van der Waals surface area contributed by atoms with Crippen molar-refractivity contribution in [3.63, 3.8) is 0 Å². The van der Waals surface area contributed by atoms with Gasteiger partial charge in [0.1, 0.15) is 22.3 Å². The van der Waals surface area contributed by atoms with Crippen LogP contribution in [0.25, 0.3) is 21.3 Å². The van der Waals surface area contributed by atoms with Gasteiger partial charge < -0.3 is 5.32 Å². The minimum absolute atomic E-state index is 0.243. The van der Waals surface area contributed by atoms with Crippen LogP contribution in [0.5, 0.6) is 0 Å². The normalized spacial score (nSPS) is 11.0. The number of nitrogens with one attached hydrogen (secondary N) is 1. The fourth-order valence-electron chi connectivity index (χ4n) is 3.00. The van der Waals surface area contributed by atoms with Crippen LogP contribution in [0, 0.1) is 19.7 Å². The van der Waals surface area contributed by atoms with Crippen molar-refractivity contribution in [1.29, 1.82) is 0 Å². The highest BCUT2D eigenvalue weighted by atomic mass is 32.1. The molecule has 1 N–H and O–H groups in total. The van der Waals surface area contributed by atoms with Crippen LogP contribution in [-0.2, 0) is 6.54 Å². The fraction of sp³-hybridized carbons (Fsp3) is 0.150. The third-order valence-electron chi connectivity index (χ3n) is 4.16. The second kappa shape index (κ2) is 6.80. The van der Waals surface area contributed by atoms with E-state index in [1.54, 1.807) is 29.7 Å². The van der Waals surface area contributed by atoms with Crippen LogP contribution in [0.4, 0.5) is 10.2 Å². The smallest absolute Gasteiger partial charge is 0.139 e. The van der Waals surface area contributed by atoms with Crippen molar-refractivity contribution in [2.75, 3.05) is 5.32 Å². The molecule has 0 spiro atoms. The lowest BCUT2D eigenvalue weighted by atomic mass is 10.0. The van der Waals surface area contributed by atoms with Gasteiger partial charge in [-0.3, -0.25) is 4.98 Å². The number of pyridine rings is 1. The predicted molar refractivity (Wildman–Crippen MR) is 104 cm³/mol. The van der Waals surface area contributed by atoms with E-state index in [-0.39, 0.29) is 5.82 Å². The van der Waals surface area contributed by atoms with Crippen LogP contribution in [0.1, 0.15) is 16.3 Å². The van der Waals surface area contributed by atoms with E-state index in [0.29, 0.717) is 6.54 Å². The molecule has 0 bridgehead atoms. The van der Waals surface area contributed by atoms with Crippen molar-refractivity contribution in [2.24, 2.45) is 0 Å². The lowest BCUT2D eigenvalue weighted by molar-refractivity contribution is 0.628. The monoisotopic (exact) mass is 364 g/mol. The zero-order valence-corrected chi connectivity index (χ0v) is 15.3. The maximum atomic E-state index is 13.3. The molecule has 0 aliphatic rings. The molecule has 1 aromatic carbocycles. The fourth-order valence-corrected chi connectivity index (χ4v) is 4.09. The van der Waals surface area contributed by atoms with Crippen molar-refractivity contribution in [2.45, 2.75) is 20.4 Å². The van der Waals surface area contributed by atoms with Gasteiger partial charge in [0.15, 0.2) is 0 Å². The maximum absolute atomic E-state index is 13.3. The summed E-state index contributed by atoms with van der Waals surface area (Å²) in [5, 5.41) is 4.40. The number of fused-ring (bicyclic) bond motifs is 1. The molecule has 4 rings (SSSR count). The second-order valence-electron chi connectivity index (χ2n) is 6.05. The standard InChI is InChI=1S/C20H17FN4S/c1-12-17(15-5-7-16(21)8-6-15)18-19(24-13(2)25-20(18)26-12)23-11-14-4-3-9-22-10-14/h3-10H,11H2,1-2H3,(H,23,24,25). The third kappa shape index (κ3) is 3.15. The number of benzene rings is 1. The summed E-state index contributed by atoms with van der Waals surface area (Å²) in [4.78, 5) is 15.4. The largest absolute Gasteiger partial charge is 0.365 e. The molecule has 0 atom stereocenters. The number of hydrogen-bond acceptors (Lipinski definition) is 5. The molecule has 0 saturated carbocycles. The Hall–Kier alpha value is -2.86. The van der Waals surface area contributed by atoms with Crippen molar-refractivity contribution in [3.05, 3.63) is 70.9 Å². The van der Waals surface area contributed by atoms with Crippen LogP contribution < -0.4 is 5.32 Å². The minimum atomic E-state index is -0.243. The molecule has 4 aromatic rings. The summed E-state index contributed by atoms with van der Waals surface area (Å²) in [6, 6.07) is 10.5. The number of rotatable bonds is 4. The molecule has 6 heteroatoms. The van der Waals surface area contributed by atoms with Gasteiger partial charge in [-0.2, -0.15) is 0 Å². The summed E-state index contributed by atoms with van der Waals surface area (Å²) in [6.45, 7) is 4.57. The molecule has 0 unspecified atom stereocenters. The van der Waals surface area contributed by atoms with Gasteiger partial charge in [0.25, 0.3) is 0 Å². The molecule has 0 aliphatic carbocycles. The zero-order valence-electron chi connectivity index (χ0n) is 14.5. The first-order valence-corrected chi connectivity index (χ1v) is 9.10. The van der Waals surface area contributed by atoms with Gasteiger partial charge >= 0.3 is 0 Å². The van der Waals surface area contributed by atoms with Gasteiger partial charge in [0, 0.05) is 29.4 Å². The van der Waals surface area contributed by atoms with Gasteiger partial charge in [-0.25, -0.2) is 14.4 Å². The van der Waals surface area contributed by atoms with E-state index < -0.39 is 0 Å². The van der Waals surface area contributed by atoms with Gasteiger partial charge in [-0.15, -0.1) is 11.3 Å². The predicted octanol–water partition coefficient (Wildman–Crippen LogP) is 5.12. The SMILES string of the molecule is Cc1nc(NCc2cccnc2)c2c(-c3ccc(F)cc3)c(C)sc2n1. The molecular formula is C20H17FN4S. The maximum Gasteiger partial charge on any atom is 0.139 e. The number of hydrogen-bond donors (Lipinski definition) is 1. The molecule has 0 fully saturated rings. The Labute approximate surface area is 154 Å². The van der Waals surface area contributed by atoms with Crippen molar-refractivity contribution in [1.82, 2.24) is 15.0 Å². The van der Waals surface area contributed by atoms with Crippen LogP contribution in [0.3, 0.4) is 0 Å². The van der Waals surface area contributed by atoms with Crippen LogP contribution in [-0.4, -0.2) is 15.0 Å². The molecule has 3 heterocycles. The van der Waals surface area contributed by atoms with Crippen LogP contribution in [0.2, 0.25) is 0 Å². The van der Waals surface area contributed by atoms with E-state index in [0.717, 1.165) is 43.4 Å². The van der Waals surface area contributed by atoms with Gasteiger partial charge in [0.05, 0.1) is 5.39 Å². The lowest BCUT2D eigenvalue weighted by Crippen LogP contribution is -2.04. The highest BCUT2D eigenvalue weighted by Gasteiger charge is 2.17. The highest BCUT2D eigenvalue weighted by molar-refractivity contribution is 7.19. The zero-order chi connectivity index (χ0) is 18.1. The Morgan fingerprint density at radius 2 is 1.88 bits per heavy atom. The van der Waals surface area contributed by atoms with E-state index in [1.807, 2.05) is 25.3 Å².